The summed E-state index contributed by atoms with van der Waals surface area (Å²) in [6, 6.07) is 1.66. The normalized spacial score (nSPS) is 22.4. The number of alkyl halides is 1. The van der Waals surface area contributed by atoms with Crippen LogP contribution in [0.3, 0.4) is 0 Å². The van der Waals surface area contributed by atoms with Crippen molar-refractivity contribution in [2.75, 3.05) is 5.88 Å². The Labute approximate surface area is 118 Å². The van der Waals surface area contributed by atoms with Crippen LogP contribution in [0.1, 0.15) is 37.3 Å². The molecule has 0 spiro atoms. The van der Waals surface area contributed by atoms with Gasteiger partial charge in [-0.1, -0.05) is 11.6 Å². The molecule has 0 radical (unpaired) electrons. The van der Waals surface area contributed by atoms with E-state index in [1.54, 1.807) is 6.07 Å². The third kappa shape index (κ3) is 2.55. The number of aryl methyl sites for hydroxylation is 1. The molecule has 1 heterocycles. The lowest BCUT2D eigenvalue weighted by Gasteiger charge is -2.37. The second-order valence-corrected chi connectivity index (χ2v) is 5.93. The summed E-state index contributed by atoms with van der Waals surface area (Å²) in [4.78, 5) is 0. The Morgan fingerprint density at radius 2 is 2.22 bits per heavy atom. The molecule has 1 aliphatic heterocycles. The van der Waals surface area contributed by atoms with Crippen LogP contribution in [0.25, 0.3) is 0 Å². The molecule has 0 aromatic heterocycles. The van der Waals surface area contributed by atoms with Crippen molar-refractivity contribution >= 4 is 23.2 Å². The molecule has 1 atom stereocenters. The molecule has 0 amide bonds. The number of ether oxygens (including phenoxy) is 1. The Balaban J connectivity index is 2.32. The van der Waals surface area contributed by atoms with Gasteiger partial charge >= 0.3 is 0 Å². The maximum Gasteiger partial charge on any atom is 0.134 e. The van der Waals surface area contributed by atoms with E-state index < -0.39 is 0 Å². The maximum atomic E-state index is 9.72. The number of hydrogen-bond acceptors (Lipinski definition) is 2. The van der Waals surface area contributed by atoms with Crippen LogP contribution in [0.4, 0.5) is 0 Å². The van der Waals surface area contributed by atoms with Crippen LogP contribution in [0, 0.1) is 6.92 Å². The molecule has 100 valence electrons. The van der Waals surface area contributed by atoms with Gasteiger partial charge in [0.2, 0.25) is 0 Å². The summed E-state index contributed by atoms with van der Waals surface area (Å²) in [7, 11) is 0. The van der Waals surface area contributed by atoms with Gasteiger partial charge in [-0.2, -0.15) is 0 Å². The van der Waals surface area contributed by atoms with Gasteiger partial charge in [0.05, 0.1) is 5.02 Å². The summed E-state index contributed by atoms with van der Waals surface area (Å²) in [5.41, 5.74) is 1.69. The highest BCUT2D eigenvalue weighted by Crippen LogP contribution is 2.44. The first-order valence-electron chi connectivity index (χ1n) is 6.23. The number of hydrogen-bond donors (Lipinski definition) is 1. The fourth-order valence-corrected chi connectivity index (χ4v) is 2.86. The summed E-state index contributed by atoms with van der Waals surface area (Å²) in [5.74, 6) is 1.63. The first-order chi connectivity index (χ1) is 8.47. The van der Waals surface area contributed by atoms with E-state index in [1.165, 1.54) is 0 Å². The fraction of sp³-hybridized carbons (Fsp3) is 0.571. The largest absolute Gasteiger partial charge is 0.506 e. The smallest absolute Gasteiger partial charge is 0.134 e. The number of benzene rings is 1. The lowest BCUT2D eigenvalue weighted by Crippen LogP contribution is -2.36. The highest BCUT2D eigenvalue weighted by atomic mass is 35.5. The van der Waals surface area contributed by atoms with Gasteiger partial charge in [0.25, 0.3) is 0 Å². The Morgan fingerprint density at radius 3 is 2.89 bits per heavy atom. The van der Waals surface area contributed by atoms with Gasteiger partial charge in [0.1, 0.15) is 17.1 Å². The maximum absolute atomic E-state index is 9.72. The predicted octanol–water partition coefficient (Wildman–Crippen LogP) is 4.46. The summed E-state index contributed by atoms with van der Waals surface area (Å²) in [6.07, 6.45) is 3.62. The summed E-state index contributed by atoms with van der Waals surface area (Å²) in [5, 5.41) is 10.1. The lowest BCUT2D eigenvalue weighted by molar-refractivity contribution is 0.0547. The van der Waals surface area contributed by atoms with Crippen molar-refractivity contribution in [1.29, 1.82) is 0 Å². The molecule has 0 bridgehead atoms. The molecule has 0 saturated carbocycles. The molecule has 0 aliphatic carbocycles. The Bertz CT molecular complexity index is 460. The van der Waals surface area contributed by atoms with Crippen molar-refractivity contribution in [1.82, 2.24) is 0 Å². The molecule has 1 aromatic carbocycles. The molecule has 2 rings (SSSR count). The molecule has 1 aliphatic rings. The second-order valence-electron chi connectivity index (χ2n) is 5.18. The average Bonchev–Trinajstić information content (AvgIpc) is 2.34. The number of phenols is 1. The van der Waals surface area contributed by atoms with E-state index in [0.29, 0.717) is 10.9 Å². The van der Waals surface area contributed by atoms with Crippen LogP contribution < -0.4 is 4.74 Å². The van der Waals surface area contributed by atoms with Crippen molar-refractivity contribution < 1.29 is 9.84 Å². The topological polar surface area (TPSA) is 29.5 Å². The molecule has 4 heteroatoms. The molecule has 0 fully saturated rings. The molecule has 1 N–H and O–H groups in total. The van der Waals surface area contributed by atoms with Gasteiger partial charge in [-0.3, -0.25) is 0 Å². The van der Waals surface area contributed by atoms with Crippen LogP contribution >= 0.6 is 23.2 Å². The Kier molecular flexibility index (Phi) is 3.98. The van der Waals surface area contributed by atoms with Gasteiger partial charge in [0, 0.05) is 11.4 Å². The van der Waals surface area contributed by atoms with Gasteiger partial charge in [-0.05, 0) is 51.2 Å². The highest BCUT2D eigenvalue weighted by Gasteiger charge is 2.33. The van der Waals surface area contributed by atoms with Gasteiger partial charge in [0.15, 0.2) is 0 Å². The zero-order valence-electron chi connectivity index (χ0n) is 10.7. The fourth-order valence-electron chi connectivity index (χ4n) is 2.50. The van der Waals surface area contributed by atoms with E-state index in [1.807, 2.05) is 6.92 Å². The van der Waals surface area contributed by atoms with Crippen molar-refractivity contribution in [3.05, 3.63) is 22.2 Å². The third-order valence-electron chi connectivity index (χ3n) is 3.57. The first-order valence-corrected chi connectivity index (χ1v) is 7.14. The number of halogens is 2. The van der Waals surface area contributed by atoms with Crippen LogP contribution in [-0.2, 0) is 6.42 Å². The number of fused-ring (bicyclic) bond motifs is 1. The zero-order valence-corrected chi connectivity index (χ0v) is 12.2. The molecular weight excluding hydrogens is 271 g/mol. The minimum atomic E-state index is -0.174. The quantitative estimate of drug-likeness (QED) is 0.833. The third-order valence-corrected chi connectivity index (χ3v) is 4.26. The van der Waals surface area contributed by atoms with E-state index in [2.05, 4.69) is 6.92 Å². The minimum absolute atomic E-state index is 0.140. The molecular formula is C14H18Cl2O2. The number of aromatic hydroxyl groups is 1. The summed E-state index contributed by atoms with van der Waals surface area (Å²) in [6.45, 7) is 4.05. The van der Waals surface area contributed by atoms with Crippen molar-refractivity contribution in [3.63, 3.8) is 0 Å². The number of rotatable bonds is 3. The van der Waals surface area contributed by atoms with E-state index in [-0.39, 0.29) is 11.4 Å². The Hall–Kier alpha value is -0.600. The van der Waals surface area contributed by atoms with Gasteiger partial charge in [-0.15, -0.1) is 11.6 Å². The number of phenolic OH excluding ortho intramolecular Hbond substituents is 1. The highest BCUT2D eigenvalue weighted by molar-refractivity contribution is 6.33. The minimum Gasteiger partial charge on any atom is -0.506 e. The molecule has 2 nitrogen and oxygen atoms in total. The second kappa shape index (κ2) is 5.18. The van der Waals surface area contributed by atoms with E-state index >= 15 is 0 Å². The van der Waals surface area contributed by atoms with Crippen molar-refractivity contribution in [2.45, 2.75) is 45.1 Å². The molecule has 0 saturated heterocycles. The molecule has 18 heavy (non-hydrogen) atoms. The monoisotopic (exact) mass is 288 g/mol. The first kappa shape index (κ1) is 13.8. The summed E-state index contributed by atoms with van der Waals surface area (Å²) >= 11 is 11.9. The summed E-state index contributed by atoms with van der Waals surface area (Å²) < 4.78 is 6.13. The standard InChI is InChI=1S/C14H18Cl2O2/c1-9-8-11(17)12(16)10-4-6-14(2,5-3-7-15)18-13(9)10/h8,17H,3-7H2,1-2H3. The van der Waals surface area contributed by atoms with E-state index in [9.17, 15) is 5.11 Å². The van der Waals surface area contributed by atoms with E-state index in [0.717, 1.165) is 42.6 Å². The Morgan fingerprint density at radius 1 is 1.50 bits per heavy atom. The van der Waals surface area contributed by atoms with E-state index in [4.69, 9.17) is 27.9 Å². The van der Waals surface area contributed by atoms with Crippen LogP contribution in [0.5, 0.6) is 11.5 Å². The van der Waals surface area contributed by atoms with Gasteiger partial charge in [-0.25, -0.2) is 0 Å². The average molecular weight is 289 g/mol. The lowest BCUT2D eigenvalue weighted by atomic mass is 9.88. The van der Waals surface area contributed by atoms with Crippen LogP contribution in [-0.4, -0.2) is 16.6 Å². The molecule has 1 unspecified atom stereocenters. The zero-order chi connectivity index (χ0) is 13.3. The van der Waals surface area contributed by atoms with Crippen molar-refractivity contribution in [3.8, 4) is 11.5 Å². The van der Waals surface area contributed by atoms with Crippen LogP contribution in [0.15, 0.2) is 6.07 Å². The molecule has 1 aromatic rings. The SMILES string of the molecule is Cc1cc(O)c(Cl)c2c1OC(C)(CCCCl)CC2. The predicted molar refractivity (Wildman–Crippen MR) is 75.2 cm³/mol. The van der Waals surface area contributed by atoms with Gasteiger partial charge < -0.3 is 9.84 Å². The van der Waals surface area contributed by atoms with Crippen molar-refractivity contribution in [2.24, 2.45) is 0 Å². The van der Waals surface area contributed by atoms with Crippen LogP contribution in [0.2, 0.25) is 5.02 Å².